The van der Waals surface area contributed by atoms with Crippen LogP contribution in [0.4, 0.5) is 4.79 Å². The average Bonchev–Trinajstić information content (AvgIpc) is 3.28. The second-order valence-corrected chi connectivity index (χ2v) is 10.2. The van der Waals surface area contributed by atoms with Gasteiger partial charge in [-0.05, 0) is 38.8 Å². The van der Waals surface area contributed by atoms with E-state index >= 15 is 0 Å². The van der Waals surface area contributed by atoms with Crippen LogP contribution >= 0.6 is 0 Å². The van der Waals surface area contributed by atoms with Gasteiger partial charge in [-0.2, -0.15) is 9.37 Å². The fourth-order valence-electron chi connectivity index (χ4n) is 3.60. The van der Waals surface area contributed by atoms with Crippen LogP contribution in [0.25, 0.3) is 0 Å². The first-order chi connectivity index (χ1) is 14.6. The highest BCUT2D eigenvalue weighted by Crippen LogP contribution is 2.36. The van der Waals surface area contributed by atoms with E-state index in [0.717, 1.165) is 17.7 Å². The fraction of sp³-hybridized carbons (Fsp3) is 0.500. The van der Waals surface area contributed by atoms with Gasteiger partial charge in [0, 0.05) is 24.6 Å². The molecule has 0 aromatic carbocycles. The van der Waals surface area contributed by atoms with Gasteiger partial charge >= 0.3 is 11.9 Å². The van der Waals surface area contributed by atoms with Crippen LogP contribution in [0.3, 0.4) is 0 Å². The number of sulfonamides is 1. The molecule has 2 aliphatic carbocycles. The van der Waals surface area contributed by atoms with Crippen LogP contribution in [0.2, 0.25) is 0 Å². The zero-order valence-corrected chi connectivity index (χ0v) is 18.2. The molecular weight excluding hydrogens is 424 g/mol. The van der Waals surface area contributed by atoms with E-state index in [9.17, 15) is 23.1 Å². The predicted molar refractivity (Wildman–Crippen MR) is 110 cm³/mol. The number of rotatable bonds is 8. The minimum atomic E-state index is -3.74. The molecule has 1 unspecified atom stereocenters. The molecule has 0 radical (unpaired) electrons. The number of imide groups is 1. The number of urea groups is 1. The number of hydrogen-bond donors (Lipinski definition) is 2. The predicted octanol–water partition coefficient (Wildman–Crippen LogP) is 0.618. The quantitative estimate of drug-likeness (QED) is 0.556. The van der Waals surface area contributed by atoms with Crippen molar-refractivity contribution in [1.82, 2.24) is 14.8 Å². The Hall–Kier alpha value is -2.63. The van der Waals surface area contributed by atoms with Crippen molar-refractivity contribution in [2.75, 3.05) is 13.2 Å². The zero-order valence-electron chi connectivity index (χ0n) is 17.4. The number of aliphatic hydroxyl groups excluding tert-OH is 1. The lowest BCUT2D eigenvalue weighted by atomic mass is 9.99. The molecule has 0 saturated heterocycles. The summed E-state index contributed by atoms with van der Waals surface area (Å²) in [5.41, 5.74) is 0.637. The number of aryl methyl sites for hydroxylation is 1. The molecule has 0 bridgehead atoms. The van der Waals surface area contributed by atoms with Crippen LogP contribution in [0.1, 0.15) is 37.6 Å². The minimum Gasteiger partial charge on any atom is -0.396 e. The maximum Gasteiger partial charge on any atom is 0.501 e. The summed E-state index contributed by atoms with van der Waals surface area (Å²) in [6.45, 7) is 3.48. The number of nitrogens with zero attached hydrogens (tertiary/aromatic N) is 3. The highest BCUT2D eigenvalue weighted by atomic mass is 32.2. The number of aliphatic hydroxyl groups is 1. The van der Waals surface area contributed by atoms with Gasteiger partial charge in [0.2, 0.25) is 10.0 Å². The lowest BCUT2D eigenvalue weighted by Crippen LogP contribution is -2.52. The van der Waals surface area contributed by atoms with E-state index in [1.807, 2.05) is 6.92 Å². The van der Waals surface area contributed by atoms with Crippen molar-refractivity contribution in [3.05, 3.63) is 41.3 Å². The molecule has 166 valence electrons. The van der Waals surface area contributed by atoms with Gasteiger partial charge in [-0.3, -0.25) is 0 Å². The number of aromatic nitrogens is 1. The number of carbonyl (C=O) groups excluding carboxylic acids is 2. The van der Waals surface area contributed by atoms with E-state index in [0.29, 0.717) is 23.6 Å². The molecule has 1 aliphatic heterocycles. The van der Waals surface area contributed by atoms with Crippen molar-refractivity contribution in [2.24, 2.45) is 0 Å². The van der Waals surface area contributed by atoms with Crippen molar-refractivity contribution < 1.29 is 32.2 Å². The minimum absolute atomic E-state index is 0.129. The highest BCUT2D eigenvalue weighted by Gasteiger charge is 2.47. The van der Waals surface area contributed by atoms with Crippen molar-refractivity contribution in [3.63, 3.8) is 0 Å². The van der Waals surface area contributed by atoms with Crippen LogP contribution in [0, 0.1) is 6.92 Å². The van der Waals surface area contributed by atoms with Crippen molar-refractivity contribution in [1.29, 1.82) is 0 Å². The van der Waals surface area contributed by atoms with Crippen LogP contribution in [0.5, 0.6) is 0 Å². The highest BCUT2D eigenvalue weighted by molar-refractivity contribution is 7.90. The molecule has 1 fully saturated rings. The molecule has 31 heavy (non-hydrogen) atoms. The Morgan fingerprint density at radius 3 is 2.74 bits per heavy atom. The van der Waals surface area contributed by atoms with Gasteiger partial charge in [0.1, 0.15) is 16.5 Å². The largest absolute Gasteiger partial charge is 0.501 e. The Kier molecular flexibility index (Phi) is 5.44. The molecule has 3 amide bonds. The third kappa shape index (κ3) is 4.25. The molecule has 1 aromatic heterocycles. The Morgan fingerprint density at radius 2 is 2.13 bits per heavy atom. The van der Waals surface area contributed by atoms with E-state index in [1.165, 1.54) is 22.8 Å². The van der Waals surface area contributed by atoms with Crippen molar-refractivity contribution in [3.8, 4) is 0 Å². The Bertz CT molecular complexity index is 1130. The first kappa shape index (κ1) is 21.6. The van der Waals surface area contributed by atoms with E-state index < -0.39 is 32.8 Å². The summed E-state index contributed by atoms with van der Waals surface area (Å²) in [6, 6.07) is 1.06. The first-order valence-electron chi connectivity index (χ1n) is 10.1. The van der Waals surface area contributed by atoms with Gasteiger partial charge < -0.3 is 9.63 Å². The number of fused-ring (bicyclic) bond motifs is 1. The van der Waals surface area contributed by atoms with Crippen molar-refractivity contribution >= 4 is 27.7 Å². The third-order valence-corrected chi connectivity index (χ3v) is 7.34. The molecule has 0 spiro atoms. The average molecular weight is 450 g/mol. The smallest absolute Gasteiger partial charge is 0.396 e. The standard InChI is InChI=1S/C20H25N4O6S/c1-13-10-14(30-21-13)12-24-18(26)16-11-15(31(28,29)22-20(2)6-7-20)4-5-17(16)23(19(24)27)8-3-9-25/h4-5,10-11,15,22,25H,3,6-9,12H2,1-2H3/q+1. The lowest BCUT2D eigenvalue weighted by molar-refractivity contribution is -0.437. The van der Waals surface area contributed by atoms with Gasteiger partial charge in [0.05, 0.1) is 12.2 Å². The molecular formula is C20H25N4O6S+. The molecule has 11 heteroatoms. The molecule has 1 atom stereocenters. The summed E-state index contributed by atoms with van der Waals surface area (Å²) in [5.74, 6) is -0.263. The van der Waals surface area contributed by atoms with Gasteiger partial charge in [0.25, 0.3) is 0 Å². The second-order valence-electron chi connectivity index (χ2n) is 8.33. The summed E-state index contributed by atoms with van der Waals surface area (Å²) in [6.07, 6.45) is 6.18. The number of carbonyl (C=O) groups is 2. The van der Waals surface area contributed by atoms with Gasteiger partial charge in [-0.1, -0.05) is 11.2 Å². The monoisotopic (exact) mass is 449 g/mol. The van der Waals surface area contributed by atoms with Gasteiger partial charge in [-0.25, -0.2) is 17.9 Å². The molecule has 10 nitrogen and oxygen atoms in total. The summed E-state index contributed by atoms with van der Waals surface area (Å²) in [7, 11) is -3.74. The third-order valence-electron chi connectivity index (χ3n) is 5.56. The van der Waals surface area contributed by atoms with Crippen LogP contribution < -0.4 is 4.72 Å². The van der Waals surface area contributed by atoms with Crippen LogP contribution in [-0.2, 0) is 21.4 Å². The molecule has 3 aliphatic rings. The molecule has 2 N–H and O–H groups in total. The molecule has 4 rings (SSSR count). The number of nitrogens with one attached hydrogen (secondary N) is 1. The molecule has 2 heterocycles. The maximum atomic E-state index is 13.2. The fourth-order valence-corrected chi connectivity index (χ4v) is 5.23. The van der Waals surface area contributed by atoms with Crippen LogP contribution in [-0.4, -0.2) is 69.7 Å². The summed E-state index contributed by atoms with van der Waals surface area (Å²) < 4.78 is 34.9. The topological polar surface area (TPSA) is 133 Å². The van der Waals surface area contributed by atoms with Gasteiger partial charge in [-0.15, -0.1) is 4.90 Å². The number of hydrogen-bond acceptors (Lipinski definition) is 7. The van der Waals surface area contributed by atoms with Gasteiger partial charge in [0.15, 0.2) is 12.3 Å². The number of amides is 3. The first-order valence-corrected chi connectivity index (χ1v) is 11.6. The van der Waals surface area contributed by atoms with E-state index in [1.54, 1.807) is 13.0 Å². The second kappa shape index (κ2) is 7.81. The Balaban J connectivity index is 1.70. The lowest BCUT2D eigenvalue weighted by Gasteiger charge is -2.26. The maximum absolute atomic E-state index is 13.2. The SMILES string of the molecule is Cc1cc(CN2C(=O)C3=CC(S(=O)(=O)NC4(C)CC4)C=CC3=[N+](CCCO)C2=O)on1. The van der Waals surface area contributed by atoms with E-state index in [2.05, 4.69) is 9.88 Å². The molecule has 1 aromatic rings. The summed E-state index contributed by atoms with van der Waals surface area (Å²) in [4.78, 5) is 27.3. The van der Waals surface area contributed by atoms with Crippen molar-refractivity contribution in [2.45, 2.75) is 50.4 Å². The zero-order chi connectivity index (χ0) is 22.4. The van der Waals surface area contributed by atoms with E-state index in [4.69, 9.17) is 4.52 Å². The summed E-state index contributed by atoms with van der Waals surface area (Å²) in [5, 5.41) is 12.0. The summed E-state index contributed by atoms with van der Waals surface area (Å²) >= 11 is 0. The normalized spacial score (nSPS) is 22.6. The van der Waals surface area contributed by atoms with Crippen LogP contribution in [0.15, 0.2) is 34.4 Å². The molecule has 1 saturated carbocycles. The Morgan fingerprint density at radius 1 is 1.39 bits per heavy atom. The van der Waals surface area contributed by atoms with E-state index in [-0.39, 0.29) is 25.3 Å². The Labute approximate surface area is 179 Å². The number of allylic oxidation sites excluding steroid dienone is 1.